The summed E-state index contributed by atoms with van der Waals surface area (Å²) >= 11 is 0. The van der Waals surface area contributed by atoms with Gasteiger partial charge in [0.25, 0.3) is 0 Å². The van der Waals surface area contributed by atoms with E-state index in [0.29, 0.717) is 19.4 Å². The number of aromatic nitrogens is 1. The third-order valence-corrected chi connectivity index (χ3v) is 7.93. The monoisotopic (exact) mass is 431 g/mol. The largest absolute Gasteiger partial charge is 0.352 e. The summed E-state index contributed by atoms with van der Waals surface area (Å²) in [4.78, 5) is 33.5. The van der Waals surface area contributed by atoms with Crippen LogP contribution in [-0.2, 0) is 16.0 Å². The lowest BCUT2D eigenvalue weighted by Gasteiger charge is -2.39. The van der Waals surface area contributed by atoms with E-state index >= 15 is 0 Å². The number of pyridine rings is 1. The van der Waals surface area contributed by atoms with Gasteiger partial charge in [0.15, 0.2) is 0 Å². The van der Waals surface area contributed by atoms with Crippen LogP contribution in [0.2, 0.25) is 0 Å². The van der Waals surface area contributed by atoms with Crippen molar-refractivity contribution in [2.45, 2.75) is 70.4 Å². The Kier molecular flexibility index (Phi) is 5.31. The van der Waals surface area contributed by atoms with Gasteiger partial charge in [-0.15, -0.1) is 0 Å². The second kappa shape index (κ2) is 8.02. The van der Waals surface area contributed by atoms with Crippen molar-refractivity contribution in [2.24, 2.45) is 11.3 Å². The maximum absolute atomic E-state index is 13.7. The molecule has 1 N–H and O–H groups in total. The highest BCUT2D eigenvalue weighted by Crippen LogP contribution is 2.66. The molecule has 2 amide bonds. The summed E-state index contributed by atoms with van der Waals surface area (Å²) in [5.74, 6) is 0.324. The molecule has 1 saturated heterocycles. The van der Waals surface area contributed by atoms with Crippen LogP contribution in [0.25, 0.3) is 11.1 Å². The van der Waals surface area contributed by atoms with Crippen LogP contribution < -0.4 is 5.32 Å². The molecular weight excluding hydrogens is 398 g/mol. The molecule has 1 aliphatic heterocycles. The number of amides is 2. The average molecular weight is 432 g/mol. The standard InChI is InChI=1S/C27H33N3O2/c1-19(2)29-25(32)27(13-6-16-30(27)24(31)23-18-26(23)11-5-12-26)17-21-7-3-4-8-22(21)20-9-14-28-15-10-20/h3-4,7-10,14-15,19,23H,5-6,11-13,16-18H2,1-2H3,(H,29,32). The van der Waals surface area contributed by atoms with E-state index in [1.165, 1.54) is 19.3 Å². The summed E-state index contributed by atoms with van der Waals surface area (Å²) in [7, 11) is 0. The van der Waals surface area contributed by atoms with Gasteiger partial charge < -0.3 is 10.2 Å². The highest BCUT2D eigenvalue weighted by atomic mass is 16.2. The number of rotatable bonds is 6. The molecule has 0 radical (unpaired) electrons. The number of nitrogens with one attached hydrogen (secondary N) is 1. The zero-order chi connectivity index (χ0) is 22.3. The fourth-order valence-electron chi connectivity index (χ4n) is 5.97. The lowest BCUT2D eigenvalue weighted by Crippen LogP contribution is -2.60. The highest BCUT2D eigenvalue weighted by Gasteiger charge is 2.64. The number of carbonyl (C=O) groups excluding carboxylic acids is 2. The molecule has 2 heterocycles. The van der Waals surface area contributed by atoms with Crippen molar-refractivity contribution in [3.05, 3.63) is 54.4 Å². The minimum atomic E-state index is -0.821. The van der Waals surface area contributed by atoms with Crippen LogP contribution in [-0.4, -0.2) is 39.8 Å². The van der Waals surface area contributed by atoms with Gasteiger partial charge in [-0.05, 0) is 80.2 Å². The molecule has 3 fully saturated rings. The Bertz CT molecular complexity index is 1010. The molecule has 1 aromatic carbocycles. The molecule has 5 nitrogen and oxygen atoms in total. The normalized spacial score (nSPS) is 25.6. The lowest BCUT2D eigenvalue weighted by molar-refractivity contribution is -0.147. The zero-order valence-electron chi connectivity index (χ0n) is 19.1. The highest BCUT2D eigenvalue weighted by molar-refractivity contribution is 5.94. The second-order valence-corrected chi connectivity index (χ2v) is 10.3. The minimum Gasteiger partial charge on any atom is -0.352 e. The molecule has 168 valence electrons. The smallest absolute Gasteiger partial charge is 0.246 e. The van der Waals surface area contributed by atoms with Crippen LogP contribution in [0.3, 0.4) is 0 Å². The van der Waals surface area contributed by atoms with Gasteiger partial charge in [0.05, 0.1) is 0 Å². The molecule has 2 unspecified atom stereocenters. The predicted octanol–water partition coefficient (Wildman–Crippen LogP) is 4.37. The molecule has 2 aliphatic carbocycles. The number of nitrogens with zero attached hydrogens (tertiary/aromatic N) is 2. The Morgan fingerprint density at radius 3 is 2.50 bits per heavy atom. The van der Waals surface area contributed by atoms with Crippen molar-refractivity contribution in [3.63, 3.8) is 0 Å². The SMILES string of the molecule is CC(C)NC(=O)C1(Cc2ccccc2-c2ccncc2)CCCN1C(=O)C1CC12CCC2. The summed E-state index contributed by atoms with van der Waals surface area (Å²) < 4.78 is 0. The van der Waals surface area contributed by atoms with Gasteiger partial charge >= 0.3 is 0 Å². The van der Waals surface area contributed by atoms with Gasteiger partial charge in [-0.3, -0.25) is 14.6 Å². The molecule has 2 atom stereocenters. The average Bonchev–Trinajstić information content (AvgIpc) is 3.41. The minimum absolute atomic E-state index is 0.00816. The fraction of sp³-hybridized carbons (Fsp3) is 0.519. The van der Waals surface area contributed by atoms with Crippen LogP contribution in [0.15, 0.2) is 48.8 Å². The molecule has 5 heteroatoms. The Hall–Kier alpha value is -2.69. The number of benzene rings is 1. The molecular formula is C27H33N3O2. The molecule has 2 saturated carbocycles. The second-order valence-electron chi connectivity index (χ2n) is 10.3. The number of hydrogen-bond acceptors (Lipinski definition) is 3. The van der Waals surface area contributed by atoms with Crippen LogP contribution in [0, 0.1) is 11.3 Å². The Balaban J connectivity index is 1.51. The zero-order valence-corrected chi connectivity index (χ0v) is 19.1. The maximum Gasteiger partial charge on any atom is 0.246 e. The summed E-state index contributed by atoms with van der Waals surface area (Å²) in [6.07, 6.45) is 10.3. The molecule has 2 aromatic rings. The Morgan fingerprint density at radius 2 is 1.84 bits per heavy atom. The third kappa shape index (κ3) is 3.52. The van der Waals surface area contributed by atoms with Crippen molar-refractivity contribution in [1.82, 2.24) is 15.2 Å². The molecule has 0 bridgehead atoms. The van der Waals surface area contributed by atoms with Gasteiger partial charge in [0.2, 0.25) is 11.8 Å². The van der Waals surface area contributed by atoms with E-state index in [4.69, 9.17) is 0 Å². The van der Waals surface area contributed by atoms with Crippen LogP contribution in [0.4, 0.5) is 0 Å². The topological polar surface area (TPSA) is 62.3 Å². The predicted molar refractivity (Wildman–Crippen MR) is 125 cm³/mol. The summed E-state index contributed by atoms with van der Waals surface area (Å²) in [6.45, 7) is 4.65. The van der Waals surface area contributed by atoms with Crippen molar-refractivity contribution in [2.75, 3.05) is 6.54 Å². The van der Waals surface area contributed by atoms with Gasteiger partial charge in [-0.1, -0.05) is 30.7 Å². The summed E-state index contributed by atoms with van der Waals surface area (Å²) in [6, 6.07) is 12.3. The number of likely N-dealkylation sites (tertiary alicyclic amines) is 1. The van der Waals surface area contributed by atoms with E-state index in [9.17, 15) is 9.59 Å². The van der Waals surface area contributed by atoms with Crippen molar-refractivity contribution in [3.8, 4) is 11.1 Å². The van der Waals surface area contributed by atoms with Gasteiger partial charge in [-0.25, -0.2) is 0 Å². The van der Waals surface area contributed by atoms with Crippen molar-refractivity contribution < 1.29 is 9.59 Å². The molecule has 3 aliphatic rings. The first-order chi connectivity index (χ1) is 15.5. The third-order valence-electron chi connectivity index (χ3n) is 7.93. The Morgan fingerprint density at radius 1 is 1.09 bits per heavy atom. The Labute approximate surface area is 190 Å². The molecule has 5 rings (SSSR count). The van der Waals surface area contributed by atoms with E-state index in [1.807, 2.05) is 43.0 Å². The van der Waals surface area contributed by atoms with E-state index in [1.54, 1.807) is 12.4 Å². The molecule has 1 spiro atoms. The van der Waals surface area contributed by atoms with Crippen LogP contribution in [0.5, 0.6) is 0 Å². The van der Waals surface area contributed by atoms with E-state index in [2.05, 4.69) is 22.4 Å². The van der Waals surface area contributed by atoms with Gasteiger partial charge in [0, 0.05) is 37.3 Å². The van der Waals surface area contributed by atoms with E-state index < -0.39 is 5.54 Å². The maximum atomic E-state index is 13.7. The van der Waals surface area contributed by atoms with Crippen molar-refractivity contribution >= 4 is 11.8 Å². The lowest BCUT2D eigenvalue weighted by atomic mass is 9.79. The number of carbonyl (C=O) groups is 2. The van der Waals surface area contributed by atoms with E-state index in [-0.39, 0.29) is 29.2 Å². The van der Waals surface area contributed by atoms with Crippen molar-refractivity contribution in [1.29, 1.82) is 0 Å². The quantitative estimate of drug-likeness (QED) is 0.739. The first-order valence-electron chi connectivity index (χ1n) is 12.1. The van der Waals surface area contributed by atoms with Gasteiger partial charge in [-0.2, -0.15) is 0 Å². The summed E-state index contributed by atoms with van der Waals surface area (Å²) in [5, 5.41) is 3.16. The first-order valence-corrected chi connectivity index (χ1v) is 12.1. The summed E-state index contributed by atoms with van der Waals surface area (Å²) in [5.41, 5.74) is 2.73. The van der Waals surface area contributed by atoms with Crippen LogP contribution in [0.1, 0.15) is 57.9 Å². The molecule has 1 aromatic heterocycles. The number of hydrogen-bond donors (Lipinski definition) is 1. The van der Waals surface area contributed by atoms with Gasteiger partial charge in [0.1, 0.15) is 5.54 Å². The first kappa shape index (κ1) is 21.2. The fourth-order valence-corrected chi connectivity index (χ4v) is 5.97. The van der Waals surface area contributed by atoms with Crippen LogP contribution >= 0.6 is 0 Å². The van der Waals surface area contributed by atoms with E-state index in [0.717, 1.165) is 29.5 Å². The molecule has 32 heavy (non-hydrogen) atoms.